The molecule has 3 rings (SSSR count). The van der Waals surface area contributed by atoms with Crippen molar-refractivity contribution in [3.63, 3.8) is 0 Å². The van der Waals surface area contributed by atoms with Crippen molar-refractivity contribution in [2.45, 2.75) is 0 Å². The van der Waals surface area contributed by atoms with E-state index in [9.17, 15) is 4.79 Å². The van der Waals surface area contributed by atoms with Gasteiger partial charge in [0.25, 0.3) is 5.56 Å². The van der Waals surface area contributed by atoms with Gasteiger partial charge in [-0.15, -0.1) is 0 Å². The number of aromatic nitrogens is 4. The van der Waals surface area contributed by atoms with E-state index in [2.05, 4.69) is 15.1 Å². The lowest BCUT2D eigenvalue weighted by Crippen LogP contribution is -2.11. The molecule has 1 N–H and O–H groups in total. The zero-order valence-electron chi connectivity index (χ0n) is 8.29. The molecule has 0 aromatic carbocycles. The molecule has 3 heterocycles. The number of rotatable bonds is 1. The summed E-state index contributed by atoms with van der Waals surface area (Å²) in [5.74, 6) is 0.587. The predicted octanol–water partition coefficient (Wildman–Crippen LogP) is 1.08. The van der Waals surface area contributed by atoms with E-state index in [0.717, 1.165) is 0 Å². The van der Waals surface area contributed by atoms with Gasteiger partial charge in [-0.3, -0.25) is 14.9 Å². The average molecular weight is 212 g/mol. The fourth-order valence-corrected chi connectivity index (χ4v) is 1.54. The Hall–Kier alpha value is -2.43. The van der Waals surface area contributed by atoms with Crippen molar-refractivity contribution in [2.24, 2.45) is 0 Å². The van der Waals surface area contributed by atoms with Gasteiger partial charge in [-0.2, -0.15) is 4.52 Å². The Labute approximate surface area is 90.4 Å². The highest BCUT2D eigenvalue weighted by molar-refractivity contribution is 5.53. The molecule has 0 saturated carbocycles. The molecule has 16 heavy (non-hydrogen) atoms. The van der Waals surface area contributed by atoms with Crippen molar-refractivity contribution in [3.8, 4) is 11.5 Å². The third-order valence-corrected chi connectivity index (χ3v) is 2.29. The van der Waals surface area contributed by atoms with E-state index in [0.29, 0.717) is 17.2 Å². The van der Waals surface area contributed by atoms with Crippen molar-refractivity contribution in [1.82, 2.24) is 19.6 Å². The normalized spacial score (nSPS) is 10.8. The SMILES string of the molecule is O=c1cccc2nc(-c3ccccn3)[nH]n12. The monoisotopic (exact) mass is 212 g/mol. The minimum atomic E-state index is -0.132. The molecule has 0 spiro atoms. The molecular formula is C11H8N4O. The number of hydrogen-bond acceptors (Lipinski definition) is 3. The maximum absolute atomic E-state index is 11.5. The van der Waals surface area contributed by atoms with E-state index in [1.54, 1.807) is 18.3 Å². The Balaban J connectivity index is 2.28. The van der Waals surface area contributed by atoms with E-state index >= 15 is 0 Å². The molecule has 5 nitrogen and oxygen atoms in total. The van der Waals surface area contributed by atoms with Crippen molar-refractivity contribution in [3.05, 3.63) is 52.9 Å². The maximum atomic E-state index is 11.5. The third-order valence-electron chi connectivity index (χ3n) is 2.29. The molecule has 0 saturated heterocycles. The van der Waals surface area contributed by atoms with E-state index in [-0.39, 0.29) is 5.56 Å². The van der Waals surface area contributed by atoms with Crippen LogP contribution in [0.3, 0.4) is 0 Å². The van der Waals surface area contributed by atoms with Crippen molar-refractivity contribution >= 4 is 5.65 Å². The molecule has 0 aliphatic heterocycles. The van der Waals surface area contributed by atoms with Crippen LogP contribution in [0.25, 0.3) is 17.2 Å². The number of aromatic amines is 1. The Morgan fingerprint density at radius 1 is 1.12 bits per heavy atom. The van der Waals surface area contributed by atoms with Gasteiger partial charge >= 0.3 is 0 Å². The van der Waals surface area contributed by atoms with Crippen LogP contribution in [-0.4, -0.2) is 19.6 Å². The quantitative estimate of drug-likeness (QED) is 0.656. The van der Waals surface area contributed by atoms with Crippen molar-refractivity contribution in [1.29, 1.82) is 0 Å². The fraction of sp³-hybridized carbons (Fsp3) is 0. The first kappa shape index (κ1) is 8.84. The highest BCUT2D eigenvalue weighted by Crippen LogP contribution is 2.11. The molecular weight excluding hydrogens is 204 g/mol. The second-order valence-electron chi connectivity index (χ2n) is 3.34. The number of pyridine rings is 2. The third kappa shape index (κ3) is 1.30. The van der Waals surface area contributed by atoms with Gasteiger partial charge in [0.15, 0.2) is 11.5 Å². The molecule has 3 aromatic heterocycles. The molecule has 0 amide bonds. The molecule has 0 fully saturated rings. The summed E-state index contributed by atoms with van der Waals surface area (Å²) in [6.45, 7) is 0. The van der Waals surface area contributed by atoms with Crippen LogP contribution in [0.15, 0.2) is 47.4 Å². The Morgan fingerprint density at radius 2 is 2.06 bits per heavy atom. The van der Waals surface area contributed by atoms with Gasteiger partial charge in [-0.05, 0) is 18.2 Å². The van der Waals surface area contributed by atoms with Crippen LogP contribution >= 0.6 is 0 Å². The zero-order valence-corrected chi connectivity index (χ0v) is 8.29. The Kier molecular flexibility index (Phi) is 1.83. The zero-order chi connectivity index (χ0) is 11.0. The molecule has 5 heteroatoms. The molecule has 0 atom stereocenters. The van der Waals surface area contributed by atoms with Crippen LogP contribution in [0.5, 0.6) is 0 Å². The molecule has 3 aromatic rings. The standard InChI is InChI=1S/C11H8N4O/c16-10-6-3-5-9-13-11(14-15(9)10)8-4-1-2-7-12-8/h1-7H,(H,13,14). The van der Waals surface area contributed by atoms with Crippen molar-refractivity contribution < 1.29 is 0 Å². The first-order valence-corrected chi connectivity index (χ1v) is 4.84. The lowest BCUT2D eigenvalue weighted by molar-refractivity contribution is 0.921. The molecule has 0 unspecified atom stereocenters. The Bertz CT molecular complexity index is 684. The topological polar surface area (TPSA) is 63.0 Å². The van der Waals surface area contributed by atoms with Gasteiger partial charge in [-0.1, -0.05) is 12.1 Å². The number of fused-ring (bicyclic) bond motifs is 1. The summed E-state index contributed by atoms with van der Waals surface area (Å²) < 4.78 is 1.39. The first-order chi connectivity index (χ1) is 7.84. The minimum absolute atomic E-state index is 0.132. The van der Waals surface area contributed by atoms with Gasteiger partial charge in [-0.25, -0.2) is 4.98 Å². The van der Waals surface area contributed by atoms with E-state index in [4.69, 9.17) is 0 Å². The molecule has 78 valence electrons. The summed E-state index contributed by atoms with van der Waals surface area (Å²) in [7, 11) is 0. The summed E-state index contributed by atoms with van der Waals surface area (Å²) in [4.78, 5) is 19.9. The summed E-state index contributed by atoms with van der Waals surface area (Å²) in [5, 5.41) is 2.91. The minimum Gasteiger partial charge on any atom is -0.271 e. The number of hydrogen-bond donors (Lipinski definition) is 1. The molecule has 0 aliphatic rings. The highest BCUT2D eigenvalue weighted by atomic mass is 16.1. The van der Waals surface area contributed by atoms with Crippen LogP contribution in [0.4, 0.5) is 0 Å². The van der Waals surface area contributed by atoms with Crippen LogP contribution in [-0.2, 0) is 0 Å². The van der Waals surface area contributed by atoms with E-state index in [1.807, 2.05) is 18.2 Å². The predicted molar refractivity (Wildman–Crippen MR) is 59.0 cm³/mol. The smallest absolute Gasteiger partial charge is 0.271 e. The summed E-state index contributed by atoms with van der Waals surface area (Å²) in [6.07, 6.45) is 1.69. The average Bonchev–Trinajstić information content (AvgIpc) is 2.76. The van der Waals surface area contributed by atoms with Crippen LogP contribution in [0.2, 0.25) is 0 Å². The number of H-pyrrole nitrogens is 1. The largest absolute Gasteiger partial charge is 0.271 e. The van der Waals surface area contributed by atoms with E-state index < -0.39 is 0 Å². The molecule has 0 bridgehead atoms. The second-order valence-corrected chi connectivity index (χ2v) is 3.34. The van der Waals surface area contributed by atoms with Gasteiger partial charge in [0.05, 0.1) is 0 Å². The van der Waals surface area contributed by atoms with Gasteiger partial charge < -0.3 is 0 Å². The second kappa shape index (κ2) is 3.30. The Morgan fingerprint density at radius 3 is 2.81 bits per heavy atom. The van der Waals surface area contributed by atoms with Gasteiger partial charge in [0.1, 0.15) is 5.69 Å². The molecule has 0 radical (unpaired) electrons. The van der Waals surface area contributed by atoms with Crippen LogP contribution < -0.4 is 5.56 Å². The number of nitrogens with zero attached hydrogens (tertiary/aromatic N) is 3. The van der Waals surface area contributed by atoms with E-state index in [1.165, 1.54) is 10.6 Å². The summed E-state index contributed by atoms with van der Waals surface area (Å²) in [6, 6.07) is 10.5. The lowest BCUT2D eigenvalue weighted by atomic mass is 10.3. The van der Waals surface area contributed by atoms with Crippen LogP contribution in [0.1, 0.15) is 0 Å². The summed E-state index contributed by atoms with van der Waals surface area (Å²) >= 11 is 0. The van der Waals surface area contributed by atoms with Crippen LogP contribution in [0, 0.1) is 0 Å². The molecule has 0 aliphatic carbocycles. The highest BCUT2D eigenvalue weighted by Gasteiger charge is 2.05. The van der Waals surface area contributed by atoms with Crippen molar-refractivity contribution in [2.75, 3.05) is 0 Å². The van der Waals surface area contributed by atoms with Gasteiger partial charge in [0.2, 0.25) is 0 Å². The fourth-order valence-electron chi connectivity index (χ4n) is 1.54. The first-order valence-electron chi connectivity index (χ1n) is 4.84. The maximum Gasteiger partial charge on any atom is 0.271 e. The van der Waals surface area contributed by atoms with Gasteiger partial charge in [0, 0.05) is 12.3 Å². The lowest BCUT2D eigenvalue weighted by Gasteiger charge is -1.91. The summed E-state index contributed by atoms with van der Waals surface area (Å²) in [5.41, 5.74) is 1.17. The number of nitrogens with one attached hydrogen (secondary N) is 1.